The molecule has 2 rings (SSSR count). The molecule has 0 heterocycles. The lowest BCUT2D eigenvalue weighted by Gasteiger charge is -2.21. The minimum absolute atomic E-state index is 0.180. The van der Waals surface area contributed by atoms with Gasteiger partial charge in [0.15, 0.2) is 5.78 Å². The van der Waals surface area contributed by atoms with E-state index in [2.05, 4.69) is 15.9 Å². The van der Waals surface area contributed by atoms with Crippen LogP contribution in [0, 0.1) is 5.92 Å². The van der Waals surface area contributed by atoms with E-state index in [1.165, 1.54) is 32.1 Å². The Morgan fingerprint density at radius 3 is 2.72 bits per heavy atom. The molecule has 0 bridgehead atoms. The quantitative estimate of drug-likeness (QED) is 0.653. The molecule has 1 saturated carbocycles. The van der Waals surface area contributed by atoms with Crippen LogP contribution in [-0.2, 0) is 0 Å². The molecule has 1 aromatic carbocycles. The zero-order chi connectivity index (χ0) is 13.0. The molecule has 1 aliphatic rings. The Labute approximate surface area is 117 Å². The van der Waals surface area contributed by atoms with E-state index in [4.69, 9.17) is 5.73 Å². The van der Waals surface area contributed by atoms with Crippen molar-refractivity contribution < 1.29 is 4.79 Å². The average Bonchev–Trinajstić information content (AvgIpc) is 2.40. The van der Waals surface area contributed by atoms with Crippen LogP contribution in [0.5, 0.6) is 0 Å². The van der Waals surface area contributed by atoms with Crippen molar-refractivity contribution in [3.8, 4) is 0 Å². The summed E-state index contributed by atoms with van der Waals surface area (Å²) in [5.74, 6) is 0.926. The highest BCUT2D eigenvalue weighted by atomic mass is 79.9. The van der Waals surface area contributed by atoms with Crippen LogP contribution in [0.1, 0.15) is 55.3 Å². The summed E-state index contributed by atoms with van der Waals surface area (Å²) in [6.45, 7) is 0. The molecule has 0 saturated heterocycles. The van der Waals surface area contributed by atoms with Crippen LogP contribution in [0.3, 0.4) is 0 Å². The first kappa shape index (κ1) is 13.6. The first-order valence-corrected chi connectivity index (χ1v) is 7.54. The van der Waals surface area contributed by atoms with Crippen LogP contribution in [0.4, 0.5) is 5.69 Å². The highest BCUT2D eigenvalue weighted by Crippen LogP contribution is 2.28. The van der Waals surface area contributed by atoms with Crippen LogP contribution in [-0.4, -0.2) is 5.78 Å². The van der Waals surface area contributed by atoms with Gasteiger partial charge < -0.3 is 5.73 Å². The maximum Gasteiger partial charge on any atom is 0.164 e. The summed E-state index contributed by atoms with van der Waals surface area (Å²) in [6, 6.07) is 5.49. The van der Waals surface area contributed by atoms with Gasteiger partial charge in [0.2, 0.25) is 0 Å². The lowest BCUT2D eigenvalue weighted by atomic mass is 9.85. The molecule has 0 aliphatic heterocycles. The number of nitrogens with two attached hydrogens (primary N) is 1. The molecular weight excluding hydrogens is 290 g/mol. The van der Waals surface area contributed by atoms with Crippen molar-refractivity contribution in [3.63, 3.8) is 0 Å². The van der Waals surface area contributed by atoms with Crippen molar-refractivity contribution in [2.24, 2.45) is 5.92 Å². The molecule has 18 heavy (non-hydrogen) atoms. The normalized spacial score (nSPS) is 16.7. The van der Waals surface area contributed by atoms with Gasteiger partial charge in [-0.25, -0.2) is 0 Å². The summed E-state index contributed by atoms with van der Waals surface area (Å²) in [5.41, 5.74) is 7.11. The summed E-state index contributed by atoms with van der Waals surface area (Å²) in [7, 11) is 0. The predicted octanol–water partition coefficient (Wildman–Crippen LogP) is 4.57. The summed E-state index contributed by atoms with van der Waals surface area (Å²) >= 11 is 3.38. The maximum atomic E-state index is 12.2. The summed E-state index contributed by atoms with van der Waals surface area (Å²) < 4.78 is 0.915. The number of hydrogen-bond acceptors (Lipinski definition) is 2. The van der Waals surface area contributed by atoms with Crippen molar-refractivity contribution in [2.45, 2.75) is 44.9 Å². The average molecular weight is 310 g/mol. The number of hydrogen-bond donors (Lipinski definition) is 1. The number of carbonyl (C=O) groups is 1. The van der Waals surface area contributed by atoms with Crippen LogP contribution in [0.25, 0.3) is 0 Å². The van der Waals surface area contributed by atoms with Crippen molar-refractivity contribution in [2.75, 3.05) is 5.73 Å². The van der Waals surface area contributed by atoms with Crippen LogP contribution in [0.2, 0.25) is 0 Å². The van der Waals surface area contributed by atoms with Gasteiger partial charge in [-0.05, 0) is 30.5 Å². The zero-order valence-electron chi connectivity index (χ0n) is 10.6. The Morgan fingerprint density at radius 2 is 2.00 bits per heavy atom. The molecule has 0 amide bonds. The van der Waals surface area contributed by atoms with Crippen molar-refractivity contribution in [3.05, 3.63) is 28.2 Å². The molecule has 98 valence electrons. The topological polar surface area (TPSA) is 43.1 Å². The Hall–Kier alpha value is -0.830. The first-order valence-electron chi connectivity index (χ1n) is 6.75. The third-order valence-corrected chi connectivity index (χ3v) is 4.31. The van der Waals surface area contributed by atoms with Crippen LogP contribution in [0.15, 0.2) is 22.7 Å². The minimum atomic E-state index is 0.180. The number of halogens is 1. The third-order valence-electron chi connectivity index (χ3n) is 3.82. The lowest BCUT2D eigenvalue weighted by Crippen LogP contribution is -2.10. The van der Waals surface area contributed by atoms with Crippen molar-refractivity contribution in [1.82, 2.24) is 0 Å². The molecule has 0 unspecified atom stereocenters. The van der Waals surface area contributed by atoms with Crippen LogP contribution >= 0.6 is 15.9 Å². The van der Waals surface area contributed by atoms with Crippen molar-refractivity contribution in [1.29, 1.82) is 0 Å². The van der Waals surface area contributed by atoms with Gasteiger partial charge in [-0.1, -0.05) is 48.0 Å². The fraction of sp³-hybridized carbons (Fsp3) is 0.533. The molecule has 0 atom stereocenters. The second-order valence-electron chi connectivity index (χ2n) is 5.20. The fourth-order valence-electron chi connectivity index (χ4n) is 2.72. The number of anilines is 1. The maximum absolute atomic E-state index is 12.2. The minimum Gasteiger partial charge on any atom is -0.398 e. The largest absolute Gasteiger partial charge is 0.398 e. The SMILES string of the molecule is Nc1ccc(Br)cc1C(=O)CCC1CCCCC1. The Morgan fingerprint density at radius 1 is 1.28 bits per heavy atom. The molecule has 1 fully saturated rings. The molecule has 0 radical (unpaired) electrons. The van der Waals surface area contributed by atoms with Gasteiger partial charge in [0, 0.05) is 22.1 Å². The van der Waals surface area contributed by atoms with Crippen molar-refractivity contribution >= 4 is 27.4 Å². The van der Waals surface area contributed by atoms with E-state index in [9.17, 15) is 4.79 Å². The molecular formula is C15H20BrNO. The van der Waals surface area contributed by atoms with E-state index < -0.39 is 0 Å². The zero-order valence-corrected chi connectivity index (χ0v) is 12.2. The van der Waals surface area contributed by atoms with E-state index in [-0.39, 0.29) is 5.78 Å². The van der Waals surface area contributed by atoms with E-state index >= 15 is 0 Å². The number of benzene rings is 1. The van der Waals surface area contributed by atoms with E-state index in [1.807, 2.05) is 12.1 Å². The summed E-state index contributed by atoms with van der Waals surface area (Å²) in [4.78, 5) is 12.2. The van der Waals surface area contributed by atoms with Gasteiger partial charge in [-0.15, -0.1) is 0 Å². The van der Waals surface area contributed by atoms with Gasteiger partial charge in [-0.2, -0.15) is 0 Å². The molecule has 2 nitrogen and oxygen atoms in total. The Bertz CT molecular complexity index is 425. The summed E-state index contributed by atoms with van der Waals surface area (Å²) in [5, 5.41) is 0. The number of Topliss-reactive ketones (excluding diaryl/α,β-unsaturated/α-hetero) is 1. The molecule has 2 N–H and O–H groups in total. The van der Waals surface area contributed by atoms with Gasteiger partial charge in [0.25, 0.3) is 0 Å². The monoisotopic (exact) mass is 309 g/mol. The van der Waals surface area contributed by atoms with Gasteiger partial charge in [-0.3, -0.25) is 4.79 Å². The molecule has 0 aromatic heterocycles. The second-order valence-corrected chi connectivity index (χ2v) is 6.11. The first-order chi connectivity index (χ1) is 8.66. The standard InChI is InChI=1S/C15H20BrNO/c16-12-7-8-14(17)13(10-12)15(18)9-6-11-4-2-1-3-5-11/h7-8,10-11H,1-6,9,17H2. The van der Waals surface area contributed by atoms with Gasteiger partial charge in [0.05, 0.1) is 0 Å². The molecule has 1 aliphatic carbocycles. The number of rotatable bonds is 4. The lowest BCUT2D eigenvalue weighted by molar-refractivity contribution is 0.0971. The van der Waals surface area contributed by atoms with Gasteiger partial charge in [0.1, 0.15) is 0 Å². The predicted molar refractivity (Wildman–Crippen MR) is 78.7 cm³/mol. The third kappa shape index (κ3) is 3.58. The van der Waals surface area contributed by atoms with Crippen LogP contribution < -0.4 is 5.73 Å². The number of nitrogen functional groups attached to an aromatic ring is 1. The number of ketones is 1. The molecule has 0 spiro atoms. The highest BCUT2D eigenvalue weighted by Gasteiger charge is 2.16. The summed E-state index contributed by atoms with van der Waals surface area (Å²) in [6.07, 6.45) is 8.26. The highest BCUT2D eigenvalue weighted by molar-refractivity contribution is 9.10. The fourth-order valence-corrected chi connectivity index (χ4v) is 3.08. The smallest absolute Gasteiger partial charge is 0.164 e. The molecule has 1 aromatic rings. The van der Waals surface area contributed by atoms with E-state index in [0.717, 1.165) is 16.8 Å². The Kier molecular flexibility index (Phi) is 4.81. The van der Waals surface area contributed by atoms with E-state index in [1.54, 1.807) is 6.07 Å². The van der Waals surface area contributed by atoms with Gasteiger partial charge >= 0.3 is 0 Å². The van der Waals surface area contributed by atoms with E-state index in [0.29, 0.717) is 17.7 Å². The number of carbonyl (C=O) groups excluding carboxylic acids is 1. The second kappa shape index (κ2) is 6.37. The Balaban J connectivity index is 1.92. The molecule has 3 heteroatoms.